The Morgan fingerprint density at radius 2 is 1.75 bits per heavy atom. The summed E-state index contributed by atoms with van der Waals surface area (Å²) in [5.41, 5.74) is 0.974. The molecule has 0 amide bonds. The summed E-state index contributed by atoms with van der Waals surface area (Å²) in [6, 6.07) is 19.6. The zero-order valence-corrected chi connectivity index (χ0v) is 13.9. The molecular formula is C20H23NO3. The van der Waals surface area contributed by atoms with E-state index in [2.05, 4.69) is 5.32 Å². The number of carbonyl (C=O) groups excluding carboxylic acids is 1. The van der Waals surface area contributed by atoms with Gasteiger partial charge >= 0.3 is 5.97 Å². The van der Waals surface area contributed by atoms with Gasteiger partial charge in [0.1, 0.15) is 11.9 Å². The lowest BCUT2D eigenvalue weighted by Gasteiger charge is -2.34. The number of para-hydroxylation sites is 1. The molecule has 1 aliphatic heterocycles. The molecule has 0 spiro atoms. The predicted octanol–water partition coefficient (Wildman–Crippen LogP) is 3.14. The van der Waals surface area contributed by atoms with Gasteiger partial charge < -0.3 is 14.8 Å². The second-order valence-corrected chi connectivity index (χ2v) is 6.05. The van der Waals surface area contributed by atoms with Crippen molar-refractivity contribution >= 4 is 5.97 Å². The second kappa shape index (κ2) is 7.97. The highest BCUT2D eigenvalue weighted by Gasteiger charge is 2.35. The molecule has 0 radical (unpaired) electrons. The summed E-state index contributed by atoms with van der Waals surface area (Å²) in [4.78, 5) is 12.4. The Morgan fingerprint density at radius 1 is 1.08 bits per heavy atom. The minimum absolute atomic E-state index is 0.00214. The van der Waals surface area contributed by atoms with Gasteiger partial charge in [0.05, 0.1) is 13.0 Å². The number of benzene rings is 2. The van der Waals surface area contributed by atoms with E-state index in [0.29, 0.717) is 0 Å². The average Bonchev–Trinajstić information content (AvgIpc) is 2.64. The second-order valence-electron chi connectivity index (χ2n) is 6.05. The van der Waals surface area contributed by atoms with Gasteiger partial charge in [0, 0.05) is 12.5 Å². The Bertz CT molecular complexity index is 644. The van der Waals surface area contributed by atoms with Crippen LogP contribution in [0.15, 0.2) is 60.7 Å². The summed E-state index contributed by atoms with van der Waals surface area (Å²) in [6.07, 6.45) is 1.78. The van der Waals surface area contributed by atoms with Crippen LogP contribution in [-0.4, -0.2) is 31.8 Å². The van der Waals surface area contributed by atoms with E-state index in [1.54, 1.807) is 0 Å². The topological polar surface area (TPSA) is 47.6 Å². The maximum atomic E-state index is 12.4. The molecule has 1 saturated heterocycles. The molecule has 3 rings (SSSR count). The molecule has 2 aromatic rings. The van der Waals surface area contributed by atoms with Crippen molar-refractivity contribution in [1.29, 1.82) is 0 Å². The van der Waals surface area contributed by atoms with Gasteiger partial charge in [0.25, 0.3) is 0 Å². The van der Waals surface area contributed by atoms with Crippen molar-refractivity contribution in [2.24, 2.45) is 0 Å². The molecule has 2 aromatic carbocycles. The Morgan fingerprint density at radius 3 is 2.42 bits per heavy atom. The van der Waals surface area contributed by atoms with Crippen molar-refractivity contribution in [3.05, 3.63) is 66.2 Å². The Balaban J connectivity index is 1.74. The molecule has 4 heteroatoms. The molecular weight excluding hydrogens is 302 g/mol. The highest BCUT2D eigenvalue weighted by molar-refractivity contribution is 5.79. The lowest BCUT2D eigenvalue weighted by molar-refractivity contribution is -0.143. The zero-order valence-electron chi connectivity index (χ0n) is 13.9. The fourth-order valence-electron chi connectivity index (χ4n) is 3.29. The molecule has 0 aliphatic carbocycles. The number of ether oxygens (including phenoxy) is 2. The lowest BCUT2D eigenvalue weighted by Crippen LogP contribution is -2.47. The van der Waals surface area contributed by atoms with E-state index in [0.717, 1.165) is 30.7 Å². The summed E-state index contributed by atoms with van der Waals surface area (Å²) < 4.78 is 11.1. The van der Waals surface area contributed by atoms with Crippen LogP contribution in [0.5, 0.6) is 5.75 Å². The smallest absolute Gasteiger partial charge is 0.314 e. The van der Waals surface area contributed by atoms with Gasteiger partial charge in [0.2, 0.25) is 0 Å². The van der Waals surface area contributed by atoms with Crippen molar-refractivity contribution in [2.75, 3.05) is 13.7 Å². The molecule has 3 unspecified atom stereocenters. The van der Waals surface area contributed by atoms with Gasteiger partial charge in [-0.15, -0.1) is 0 Å². The summed E-state index contributed by atoms with van der Waals surface area (Å²) in [6.45, 7) is 0.822. The number of methoxy groups -OCH3 is 1. The third-order valence-corrected chi connectivity index (χ3v) is 4.45. The van der Waals surface area contributed by atoms with Crippen LogP contribution in [0.4, 0.5) is 0 Å². The molecule has 24 heavy (non-hydrogen) atoms. The number of esters is 1. The standard InChI is InChI=1S/C20H23NO3/c1-23-20(22)19(15-8-4-2-5-9-15)18-14-17(12-13-21-18)24-16-10-6-3-7-11-16/h2-11,17-19,21H,12-14H2,1H3. The summed E-state index contributed by atoms with van der Waals surface area (Å²) in [7, 11) is 1.44. The summed E-state index contributed by atoms with van der Waals surface area (Å²) in [5.74, 6) is 0.343. The van der Waals surface area contributed by atoms with E-state index < -0.39 is 0 Å². The number of carbonyl (C=O) groups is 1. The monoisotopic (exact) mass is 325 g/mol. The van der Waals surface area contributed by atoms with Gasteiger partial charge in [-0.3, -0.25) is 4.79 Å². The number of rotatable bonds is 5. The van der Waals surface area contributed by atoms with E-state index >= 15 is 0 Å². The van der Waals surface area contributed by atoms with Crippen LogP contribution >= 0.6 is 0 Å². The van der Waals surface area contributed by atoms with Crippen molar-refractivity contribution in [3.63, 3.8) is 0 Å². The van der Waals surface area contributed by atoms with Crippen LogP contribution in [-0.2, 0) is 9.53 Å². The quantitative estimate of drug-likeness (QED) is 0.858. The Hall–Kier alpha value is -2.33. The first-order valence-corrected chi connectivity index (χ1v) is 8.36. The maximum absolute atomic E-state index is 12.4. The van der Waals surface area contributed by atoms with Crippen LogP contribution < -0.4 is 10.1 Å². The van der Waals surface area contributed by atoms with Crippen molar-refractivity contribution < 1.29 is 14.3 Å². The normalized spacial score (nSPS) is 21.7. The van der Waals surface area contributed by atoms with Crippen LogP contribution in [0.2, 0.25) is 0 Å². The third-order valence-electron chi connectivity index (χ3n) is 4.45. The molecule has 4 nitrogen and oxygen atoms in total. The first-order valence-electron chi connectivity index (χ1n) is 8.36. The summed E-state index contributed by atoms with van der Waals surface area (Å²) >= 11 is 0. The first-order chi connectivity index (χ1) is 11.8. The van der Waals surface area contributed by atoms with Gasteiger partial charge in [-0.1, -0.05) is 48.5 Å². The van der Waals surface area contributed by atoms with E-state index in [9.17, 15) is 4.79 Å². The number of hydrogen-bond acceptors (Lipinski definition) is 4. The minimum atomic E-state index is -0.321. The average molecular weight is 325 g/mol. The molecule has 0 aromatic heterocycles. The Labute approximate surface area is 142 Å². The van der Waals surface area contributed by atoms with Gasteiger partial charge in [-0.05, 0) is 30.7 Å². The SMILES string of the molecule is COC(=O)C(c1ccccc1)C1CC(Oc2ccccc2)CCN1. The largest absolute Gasteiger partial charge is 0.490 e. The van der Waals surface area contributed by atoms with Gasteiger partial charge in [-0.2, -0.15) is 0 Å². The van der Waals surface area contributed by atoms with E-state index in [1.165, 1.54) is 7.11 Å². The van der Waals surface area contributed by atoms with Crippen LogP contribution in [0.3, 0.4) is 0 Å². The molecule has 0 saturated carbocycles. The van der Waals surface area contributed by atoms with Crippen LogP contribution in [0.25, 0.3) is 0 Å². The number of hydrogen-bond donors (Lipinski definition) is 1. The first kappa shape index (κ1) is 16.5. The van der Waals surface area contributed by atoms with Crippen LogP contribution in [0, 0.1) is 0 Å². The zero-order chi connectivity index (χ0) is 16.8. The third kappa shape index (κ3) is 3.95. The molecule has 1 aliphatic rings. The highest BCUT2D eigenvalue weighted by Crippen LogP contribution is 2.28. The molecule has 3 atom stereocenters. The van der Waals surface area contributed by atoms with Gasteiger partial charge in [-0.25, -0.2) is 0 Å². The number of nitrogens with one attached hydrogen (secondary N) is 1. The molecule has 1 N–H and O–H groups in total. The Kier molecular flexibility index (Phi) is 5.49. The number of piperidine rings is 1. The van der Waals surface area contributed by atoms with Gasteiger partial charge in [0.15, 0.2) is 0 Å². The maximum Gasteiger partial charge on any atom is 0.314 e. The minimum Gasteiger partial charge on any atom is -0.490 e. The fraction of sp³-hybridized carbons (Fsp3) is 0.350. The summed E-state index contributed by atoms with van der Waals surface area (Å²) in [5, 5.41) is 3.47. The van der Waals surface area contributed by atoms with Crippen molar-refractivity contribution in [1.82, 2.24) is 5.32 Å². The molecule has 1 heterocycles. The molecule has 1 fully saturated rings. The fourth-order valence-corrected chi connectivity index (χ4v) is 3.29. The van der Waals surface area contributed by atoms with E-state index in [1.807, 2.05) is 60.7 Å². The highest BCUT2D eigenvalue weighted by atomic mass is 16.5. The lowest BCUT2D eigenvalue weighted by atomic mass is 9.85. The molecule has 126 valence electrons. The molecule has 0 bridgehead atoms. The van der Waals surface area contributed by atoms with Crippen LogP contribution in [0.1, 0.15) is 24.3 Å². The van der Waals surface area contributed by atoms with Crippen molar-refractivity contribution in [2.45, 2.75) is 30.9 Å². The predicted molar refractivity (Wildman–Crippen MR) is 93.1 cm³/mol. The van der Waals surface area contributed by atoms with E-state index in [-0.39, 0.29) is 24.0 Å². The van der Waals surface area contributed by atoms with E-state index in [4.69, 9.17) is 9.47 Å². The van der Waals surface area contributed by atoms with Crippen molar-refractivity contribution in [3.8, 4) is 5.75 Å².